The number of rotatable bonds is 3. The first-order valence-electron chi connectivity index (χ1n) is 5.65. The molecule has 1 aromatic carbocycles. The van der Waals surface area contributed by atoms with Gasteiger partial charge in [0.15, 0.2) is 0 Å². The quantitative estimate of drug-likeness (QED) is 0.819. The summed E-state index contributed by atoms with van der Waals surface area (Å²) in [6, 6.07) is 4.48. The van der Waals surface area contributed by atoms with Crippen LogP contribution in [0.1, 0.15) is 25.0 Å². The molecule has 0 aliphatic rings. The van der Waals surface area contributed by atoms with Gasteiger partial charge in [-0.3, -0.25) is 0 Å². The molecule has 1 aromatic rings. The van der Waals surface area contributed by atoms with Crippen molar-refractivity contribution in [1.82, 2.24) is 0 Å². The molecule has 2 nitrogen and oxygen atoms in total. The molecule has 1 rings (SSSR count). The van der Waals surface area contributed by atoms with E-state index in [1.54, 1.807) is 0 Å². The van der Waals surface area contributed by atoms with Gasteiger partial charge in [0, 0.05) is 17.0 Å². The molecule has 90 valence electrons. The van der Waals surface area contributed by atoms with Crippen LogP contribution in [0.5, 0.6) is 0 Å². The van der Waals surface area contributed by atoms with Gasteiger partial charge < -0.3 is 9.88 Å². The van der Waals surface area contributed by atoms with Gasteiger partial charge in [-0.15, -0.1) is 0 Å². The van der Waals surface area contributed by atoms with Crippen LogP contribution in [0.2, 0.25) is 0 Å². The summed E-state index contributed by atoms with van der Waals surface area (Å²) in [4.78, 5) is 0. The maximum Gasteiger partial charge on any atom is 0.112 e. The van der Waals surface area contributed by atoms with Crippen molar-refractivity contribution in [3.63, 3.8) is 0 Å². The fourth-order valence-electron chi connectivity index (χ4n) is 1.92. The van der Waals surface area contributed by atoms with Gasteiger partial charge in [-0.1, -0.05) is 6.07 Å². The molecule has 0 unspecified atom stereocenters. The van der Waals surface area contributed by atoms with Gasteiger partial charge in [0.2, 0.25) is 0 Å². The highest BCUT2D eigenvalue weighted by Gasteiger charge is 2.20. The molecule has 0 aliphatic heterocycles. The van der Waals surface area contributed by atoms with Crippen molar-refractivity contribution < 1.29 is 4.57 Å². The highest BCUT2D eigenvalue weighted by Crippen LogP contribution is 2.40. The zero-order valence-electron chi connectivity index (χ0n) is 11.1. The Labute approximate surface area is 98.8 Å². The SMILES string of the molecule is Cc1ccc(NC(C)C)c(P(C)(C)=O)c1C. The molecule has 0 aliphatic carbocycles. The number of benzene rings is 1. The lowest BCUT2D eigenvalue weighted by atomic mass is 10.1. The summed E-state index contributed by atoms with van der Waals surface area (Å²) in [6.07, 6.45) is 0. The van der Waals surface area contributed by atoms with Crippen LogP contribution in [0.3, 0.4) is 0 Å². The van der Waals surface area contributed by atoms with Crippen molar-refractivity contribution >= 4 is 18.1 Å². The number of aryl methyl sites for hydroxylation is 1. The first-order valence-corrected chi connectivity index (χ1v) is 8.26. The Morgan fingerprint density at radius 3 is 2.19 bits per heavy atom. The Morgan fingerprint density at radius 2 is 1.75 bits per heavy atom. The van der Waals surface area contributed by atoms with Gasteiger partial charge in [0.1, 0.15) is 7.14 Å². The zero-order valence-corrected chi connectivity index (χ0v) is 12.0. The fraction of sp³-hybridized carbons (Fsp3) is 0.538. The van der Waals surface area contributed by atoms with Gasteiger partial charge in [-0.2, -0.15) is 0 Å². The number of hydrogen-bond donors (Lipinski definition) is 1. The third-order valence-electron chi connectivity index (χ3n) is 2.68. The third-order valence-corrected chi connectivity index (χ3v) is 4.34. The summed E-state index contributed by atoms with van der Waals surface area (Å²) in [5.74, 6) is 0. The predicted molar refractivity (Wildman–Crippen MR) is 73.8 cm³/mol. The van der Waals surface area contributed by atoms with Gasteiger partial charge >= 0.3 is 0 Å². The van der Waals surface area contributed by atoms with E-state index in [1.807, 2.05) is 19.4 Å². The summed E-state index contributed by atoms with van der Waals surface area (Å²) >= 11 is 0. The first-order chi connectivity index (χ1) is 7.23. The van der Waals surface area contributed by atoms with E-state index in [-0.39, 0.29) is 0 Å². The molecule has 1 N–H and O–H groups in total. The van der Waals surface area contributed by atoms with Crippen molar-refractivity contribution in [1.29, 1.82) is 0 Å². The van der Waals surface area contributed by atoms with Crippen LogP contribution in [-0.2, 0) is 4.57 Å². The van der Waals surface area contributed by atoms with Crippen LogP contribution in [0.15, 0.2) is 12.1 Å². The van der Waals surface area contributed by atoms with Crippen molar-refractivity contribution in [3.8, 4) is 0 Å². The van der Waals surface area contributed by atoms with Crippen LogP contribution < -0.4 is 10.6 Å². The van der Waals surface area contributed by atoms with E-state index in [0.29, 0.717) is 6.04 Å². The zero-order chi connectivity index (χ0) is 12.5. The molecule has 0 fully saturated rings. The second kappa shape index (κ2) is 4.63. The van der Waals surface area contributed by atoms with E-state index >= 15 is 0 Å². The molecule has 0 saturated heterocycles. The summed E-state index contributed by atoms with van der Waals surface area (Å²) in [5.41, 5.74) is 3.37. The summed E-state index contributed by atoms with van der Waals surface area (Å²) in [6.45, 7) is 12.0. The molecule has 3 heteroatoms. The maximum atomic E-state index is 12.4. The first kappa shape index (κ1) is 13.3. The average molecular weight is 239 g/mol. The second-order valence-corrected chi connectivity index (χ2v) is 8.20. The highest BCUT2D eigenvalue weighted by molar-refractivity contribution is 7.70. The molecular weight excluding hydrogens is 217 g/mol. The molecule has 0 radical (unpaired) electrons. The Hall–Kier alpha value is -0.750. The standard InChI is InChI=1S/C13H22NOP/c1-9(2)14-12-8-7-10(3)11(4)13(12)16(5,6)15/h7-9,14H,1-6H3. The van der Waals surface area contributed by atoms with E-state index in [1.165, 1.54) is 5.56 Å². The summed E-state index contributed by atoms with van der Waals surface area (Å²) in [7, 11) is -2.24. The number of nitrogens with one attached hydrogen (secondary N) is 1. The molecule has 16 heavy (non-hydrogen) atoms. The summed E-state index contributed by atoms with van der Waals surface area (Å²) < 4.78 is 12.4. The van der Waals surface area contributed by atoms with E-state index in [0.717, 1.165) is 16.6 Å². The molecule has 0 spiro atoms. The number of hydrogen-bond acceptors (Lipinski definition) is 2. The Bertz CT molecular complexity index is 432. The van der Waals surface area contributed by atoms with Crippen molar-refractivity contribution in [2.45, 2.75) is 33.7 Å². The highest BCUT2D eigenvalue weighted by atomic mass is 31.2. The molecule has 0 atom stereocenters. The largest absolute Gasteiger partial charge is 0.382 e. The van der Waals surface area contributed by atoms with Crippen LogP contribution in [0.25, 0.3) is 0 Å². The lowest BCUT2D eigenvalue weighted by molar-refractivity contribution is 0.588. The van der Waals surface area contributed by atoms with Crippen LogP contribution in [0.4, 0.5) is 5.69 Å². The molecule has 0 aromatic heterocycles. The molecular formula is C13H22NOP. The molecule has 0 heterocycles. The second-order valence-electron chi connectivity index (χ2n) is 5.05. The minimum absolute atomic E-state index is 0.354. The molecule has 0 saturated carbocycles. The van der Waals surface area contributed by atoms with Gasteiger partial charge in [0.05, 0.1) is 0 Å². The monoisotopic (exact) mass is 239 g/mol. The minimum atomic E-state index is -2.24. The molecule has 0 amide bonds. The van der Waals surface area contributed by atoms with Crippen LogP contribution in [-0.4, -0.2) is 19.4 Å². The van der Waals surface area contributed by atoms with Gasteiger partial charge in [0.25, 0.3) is 0 Å². The lowest BCUT2D eigenvalue weighted by Crippen LogP contribution is -2.20. The van der Waals surface area contributed by atoms with E-state index in [9.17, 15) is 4.57 Å². The Morgan fingerprint density at radius 1 is 1.19 bits per heavy atom. The Balaban J connectivity index is 3.39. The maximum absolute atomic E-state index is 12.4. The van der Waals surface area contributed by atoms with E-state index in [4.69, 9.17) is 0 Å². The predicted octanol–water partition coefficient (Wildman–Crippen LogP) is 3.37. The third kappa shape index (κ3) is 2.89. The molecule has 0 bridgehead atoms. The minimum Gasteiger partial charge on any atom is -0.382 e. The van der Waals surface area contributed by atoms with E-state index in [2.05, 4.69) is 39.1 Å². The fourth-order valence-corrected chi connectivity index (χ4v) is 3.63. The average Bonchev–Trinajstić information content (AvgIpc) is 2.08. The van der Waals surface area contributed by atoms with Gasteiger partial charge in [-0.25, -0.2) is 0 Å². The topological polar surface area (TPSA) is 29.1 Å². The van der Waals surface area contributed by atoms with Gasteiger partial charge in [-0.05, 0) is 58.2 Å². The van der Waals surface area contributed by atoms with Crippen LogP contribution in [0, 0.1) is 13.8 Å². The Kier molecular flexibility index (Phi) is 3.85. The van der Waals surface area contributed by atoms with Crippen molar-refractivity contribution in [3.05, 3.63) is 23.3 Å². The summed E-state index contributed by atoms with van der Waals surface area (Å²) in [5, 5.41) is 4.38. The lowest BCUT2D eigenvalue weighted by Gasteiger charge is -2.21. The van der Waals surface area contributed by atoms with E-state index < -0.39 is 7.14 Å². The van der Waals surface area contributed by atoms with Crippen LogP contribution >= 0.6 is 7.14 Å². The van der Waals surface area contributed by atoms with Crippen molar-refractivity contribution in [2.75, 3.05) is 18.6 Å². The normalized spacial score (nSPS) is 11.9. The smallest absolute Gasteiger partial charge is 0.112 e. The van der Waals surface area contributed by atoms with Crippen molar-refractivity contribution in [2.24, 2.45) is 0 Å². The number of anilines is 1.